The Balaban J connectivity index is 1.59. The van der Waals surface area contributed by atoms with Crippen molar-refractivity contribution in [2.24, 2.45) is 5.92 Å². The largest absolute Gasteiger partial charge is 0.356 e. The van der Waals surface area contributed by atoms with Crippen molar-refractivity contribution in [2.75, 3.05) is 32.7 Å². The predicted octanol–water partition coefficient (Wildman–Crippen LogP) is 0.977. The van der Waals surface area contributed by atoms with Crippen LogP contribution in [-0.4, -0.2) is 49.6 Å². The van der Waals surface area contributed by atoms with E-state index in [-0.39, 0.29) is 5.91 Å². The molecule has 2 heterocycles. The number of piperidine rings is 1. The summed E-state index contributed by atoms with van der Waals surface area (Å²) in [6, 6.07) is 0.412. The van der Waals surface area contributed by atoms with E-state index in [0.29, 0.717) is 18.4 Å². The summed E-state index contributed by atoms with van der Waals surface area (Å²) in [5.74, 6) is 0.887. The van der Waals surface area contributed by atoms with Gasteiger partial charge in [0.2, 0.25) is 5.91 Å². The molecule has 0 spiro atoms. The molecule has 2 rings (SSSR count). The standard InChI is InChI=1S/C14H27N3O/c1-2-17-8-6-12(11-17)10-16-14(18)9-13-5-3-4-7-15-13/h12-13,15H,2-11H2,1H3,(H,16,18). The second kappa shape index (κ2) is 7.10. The molecule has 2 fully saturated rings. The Labute approximate surface area is 110 Å². The van der Waals surface area contributed by atoms with Gasteiger partial charge in [0.15, 0.2) is 0 Å². The van der Waals surface area contributed by atoms with Crippen LogP contribution in [0.2, 0.25) is 0 Å². The maximum atomic E-state index is 11.9. The van der Waals surface area contributed by atoms with E-state index in [1.165, 1.54) is 25.8 Å². The molecule has 0 aliphatic carbocycles. The zero-order valence-electron chi connectivity index (χ0n) is 11.6. The molecule has 0 bridgehead atoms. The Hall–Kier alpha value is -0.610. The second-order valence-corrected chi connectivity index (χ2v) is 5.70. The minimum Gasteiger partial charge on any atom is -0.356 e. The number of amides is 1. The third-order valence-electron chi connectivity index (χ3n) is 4.25. The monoisotopic (exact) mass is 253 g/mol. The SMILES string of the molecule is CCN1CCC(CNC(=O)CC2CCCCN2)C1. The van der Waals surface area contributed by atoms with E-state index in [2.05, 4.69) is 22.5 Å². The number of likely N-dealkylation sites (tertiary alicyclic amines) is 1. The lowest BCUT2D eigenvalue weighted by Gasteiger charge is -2.23. The average Bonchev–Trinajstić information content (AvgIpc) is 2.85. The van der Waals surface area contributed by atoms with E-state index in [4.69, 9.17) is 0 Å². The third kappa shape index (κ3) is 4.25. The molecule has 2 aliphatic rings. The zero-order chi connectivity index (χ0) is 12.8. The summed E-state index contributed by atoms with van der Waals surface area (Å²) in [5, 5.41) is 6.54. The lowest BCUT2D eigenvalue weighted by atomic mass is 10.0. The molecule has 4 nitrogen and oxygen atoms in total. The quantitative estimate of drug-likeness (QED) is 0.767. The van der Waals surface area contributed by atoms with Crippen molar-refractivity contribution >= 4 is 5.91 Å². The van der Waals surface area contributed by atoms with Crippen LogP contribution in [0, 0.1) is 5.92 Å². The van der Waals surface area contributed by atoms with E-state index >= 15 is 0 Å². The maximum absolute atomic E-state index is 11.9. The summed E-state index contributed by atoms with van der Waals surface area (Å²) in [4.78, 5) is 14.3. The molecule has 2 aliphatic heterocycles. The molecule has 104 valence electrons. The molecule has 0 radical (unpaired) electrons. The highest BCUT2D eigenvalue weighted by Crippen LogP contribution is 2.15. The summed E-state index contributed by atoms with van der Waals surface area (Å²) in [5.41, 5.74) is 0. The predicted molar refractivity (Wildman–Crippen MR) is 73.5 cm³/mol. The first-order valence-electron chi connectivity index (χ1n) is 7.50. The minimum atomic E-state index is 0.226. The average molecular weight is 253 g/mol. The van der Waals surface area contributed by atoms with Crippen LogP contribution in [0.5, 0.6) is 0 Å². The lowest BCUT2D eigenvalue weighted by molar-refractivity contribution is -0.121. The van der Waals surface area contributed by atoms with Gasteiger partial charge in [-0.2, -0.15) is 0 Å². The van der Waals surface area contributed by atoms with E-state index in [1.807, 2.05) is 0 Å². The number of hydrogen-bond donors (Lipinski definition) is 2. The first-order valence-corrected chi connectivity index (χ1v) is 7.50. The fourth-order valence-electron chi connectivity index (χ4n) is 3.02. The van der Waals surface area contributed by atoms with Crippen LogP contribution in [0.3, 0.4) is 0 Å². The van der Waals surface area contributed by atoms with Crippen molar-refractivity contribution in [1.82, 2.24) is 15.5 Å². The summed E-state index contributed by atoms with van der Waals surface area (Å²) in [6.45, 7) is 7.62. The molecule has 4 heteroatoms. The molecule has 2 unspecified atom stereocenters. The summed E-state index contributed by atoms with van der Waals surface area (Å²) in [6.07, 6.45) is 5.56. The highest BCUT2D eigenvalue weighted by atomic mass is 16.1. The number of nitrogens with one attached hydrogen (secondary N) is 2. The summed E-state index contributed by atoms with van der Waals surface area (Å²) < 4.78 is 0. The number of carbonyl (C=O) groups excluding carboxylic acids is 1. The molecule has 0 aromatic carbocycles. The molecule has 0 saturated carbocycles. The Bertz CT molecular complexity index is 264. The number of hydrogen-bond acceptors (Lipinski definition) is 3. The van der Waals surface area contributed by atoms with Crippen LogP contribution in [0.1, 0.15) is 39.0 Å². The van der Waals surface area contributed by atoms with Crippen molar-refractivity contribution in [1.29, 1.82) is 0 Å². The topological polar surface area (TPSA) is 44.4 Å². The highest BCUT2D eigenvalue weighted by Gasteiger charge is 2.22. The van der Waals surface area contributed by atoms with Gasteiger partial charge in [-0.15, -0.1) is 0 Å². The van der Waals surface area contributed by atoms with Crippen molar-refractivity contribution in [3.05, 3.63) is 0 Å². The van der Waals surface area contributed by atoms with Crippen LogP contribution < -0.4 is 10.6 Å². The van der Waals surface area contributed by atoms with Crippen molar-refractivity contribution in [3.8, 4) is 0 Å². The smallest absolute Gasteiger partial charge is 0.221 e. The number of nitrogens with zero attached hydrogens (tertiary/aromatic N) is 1. The van der Waals surface area contributed by atoms with Gasteiger partial charge >= 0.3 is 0 Å². The molecule has 0 aromatic rings. The Morgan fingerprint density at radius 2 is 2.28 bits per heavy atom. The van der Waals surface area contributed by atoms with Gasteiger partial charge in [-0.3, -0.25) is 4.79 Å². The highest BCUT2D eigenvalue weighted by molar-refractivity contribution is 5.76. The molecule has 2 saturated heterocycles. The second-order valence-electron chi connectivity index (χ2n) is 5.70. The van der Waals surface area contributed by atoms with E-state index < -0.39 is 0 Å². The van der Waals surface area contributed by atoms with E-state index in [9.17, 15) is 4.79 Å². The summed E-state index contributed by atoms with van der Waals surface area (Å²) >= 11 is 0. The normalized spacial score (nSPS) is 29.4. The van der Waals surface area contributed by atoms with Crippen LogP contribution >= 0.6 is 0 Å². The van der Waals surface area contributed by atoms with E-state index in [1.54, 1.807) is 0 Å². The Morgan fingerprint density at radius 1 is 1.39 bits per heavy atom. The van der Waals surface area contributed by atoms with Gasteiger partial charge in [0.1, 0.15) is 0 Å². The van der Waals surface area contributed by atoms with Crippen molar-refractivity contribution in [2.45, 2.75) is 45.1 Å². The van der Waals surface area contributed by atoms with Crippen LogP contribution in [-0.2, 0) is 4.79 Å². The first kappa shape index (κ1) is 13.8. The fourth-order valence-corrected chi connectivity index (χ4v) is 3.02. The Morgan fingerprint density at radius 3 is 2.94 bits per heavy atom. The van der Waals surface area contributed by atoms with E-state index in [0.717, 1.165) is 32.6 Å². The van der Waals surface area contributed by atoms with Crippen LogP contribution in [0.15, 0.2) is 0 Å². The van der Waals surface area contributed by atoms with Crippen molar-refractivity contribution in [3.63, 3.8) is 0 Å². The van der Waals surface area contributed by atoms with Gasteiger partial charge < -0.3 is 15.5 Å². The van der Waals surface area contributed by atoms with Gasteiger partial charge in [0, 0.05) is 25.6 Å². The fraction of sp³-hybridized carbons (Fsp3) is 0.929. The van der Waals surface area contributed by atoms with Gasteiger partial charge in [0.25, 0.3) is 0 Å². The summed E-state index contributed by atoms with van der Waals surface area (Å²) in [7, 11) is 0. The number of carbonyl (C=O) groups is 1. The van der Waals surface area contributed by atoms with Crippen LogP contribution in [0.4, 0.5) is 0 Å². The molecule has 1 amide bonds. The number of rotatable bonds is 5. The van der Waals surface area contributed by atoms with Gasteiger partial charge in [-0.25, -0.2) is 0 Å². The molecule has 18 heavy (non-hydrogen) atoms. The lowest BCUT2D eigenvalue weighted by Crippen LogP contribution is -2.40. The molecule has 0 aromatic heterocycles. The molecule has 2 N–H and O–H groups in total. The maximum Gasteiger partial charge on any atom is 0.221 e. The van der Waals surface area contributed by atoms with Crippen molar-refractivity contribution < 1.29 is 4.79 Å². The minimum absolute atomic E-state index is 0.226. The first-order chi connectivity index (χ1) is 8.78. The molecular formula is C14H27N3O. The Kier molecular flexibility index (Phi) is 5.45. The zero-order valence-corrected chi connectivity index (χ0v) is 11.6. The van der Waals surface area contributed by atoms with Crippen LogP contribution in [0.25, 0.3) is 0 Å². The van der Waals surface area contributed by atoms with Gasteiger partial charge in [-0.05, 0) is 44.8 Å². The van der Waals surface area contributed by atoms with Gasteiger partial charge in [0.05, 0.1) is 0 Å². The third-order valence-corrected chi connectivity index (χ3v) is 4.25. The molecule has 2 atom stereocenters. The molecular weight excluding hydrogens is 226 g/mol. The van der Waals surface area contributed by atoms with Gasteiger partial charge in [-0.1, -0.05) is 13.3 Å².